The highest BCUT2D eigenvalue weighted by Gasteiger charge is 1.98. The average molecular weight is 247 g/mol. The average Bonchev–Trinajstić information content (AvgIpc) is 2.09. The number of nitrogens with zero attached hydrogens (tertiary/aromatic N) is 1. The van der Waals surface area contributed by atoms with Crippen LogP contribution in [0.3, 0.4) is 0 Å². The number of anilines is 1. The summed E-state index contributed by atoms with van der Waals surface area (Å²) in [6.45, 7) is 3.37. The lowest BCUT2D eigenvalue weighted by Crippen LogP contribution is -2.05. The van der Waals surface area contributed by atoms with Gasteiger partial charge in [-0.2, -0.15) is 0 Å². The fourth-order valence-electron chi connectivity index (χ4n) is 0.926. The monoisotopic (exact) mass is 246 g/mol. The molecule has 0 spiro atoms. The third-order valence-electron chi connectivity index (χ3n) is 1.48. The first-order valence-electron chi connectivity index (χ1n) is 4.20. The van der Waals surface area contributed by atoms with Crippen molar-refractivity contribution in [3.63, 3.8) is 0 Å². The second kappa shape index (κ2) is 6.62. The Morgan fingerprint density at radius 3 is 2.44 bits per heavy atom. The molecule has 7 heteroatoms. The van der Waals surface area contributed by atoms with Gasteiger partial charge in [-0.05, 0) is 30.7 Å². The number of nitrogens with one attached hydrogen (secondary N) is 1. The quantitative estimate of drug-likeness (QED) is 0.587. The van der Waals surface area contributed by atoms with Crippen molar-refractivity contribution in [1.29, 1.82) is 0 Å². The van der Waals surface area contributed by atoms with E-state index in [1.54, 1.807) is 12.1 Å². The second-order valence-electron chi connectivity index (χ2n) is 2.88. The van der Waals surface area contributed by atoms with E-state index in [4.69, 9.17) is 26.9 Å². The van der Waals surface area contributed by atoms with Crippen LogP contribution in [0.25, 0.3) is 0 Å². The lowest BCUT2D eigenvalue weighted by atomic mass is 10.2. The molecule has 0 heterocycles. The molecular formula is C9H11ClN2O4. The molecule has 6 nitrogen and oxygen atoms in total. The SMILES string of the molecule is CC(=O)Nc1ccc(Cl)c(C)c1.O=[N+]([O-])O. The van der Waals surface area contributed by atoms with E-state index < -0.39 is 5.09 Å². The minimum Gasteiger partial charge on any atom is -0.328 e. The zero-order valence-corrected chi connectivity index (χ0v) is 9.49. The molecule has 0 aromatic heterocycles. The number of amides is 1. The van der Waals surface area contributed by atoms with E-state index >= 15 is 0 Å². The summed E-state index contributed by atoms with van der Waals surface area (Å²) in [5, 5.41) is 17.0. The van der Waals surface area contributed by atoms with E-state index in [2.05, 4.69) is 5.32 Å². The van der Waals surface area contributed by atoms with Crippen LogP contribution in [0, 0.1) is 17.0 Å². The number of aryl methyl sites for hydroxylation is 1. The minimum absolute atomic E-state index is 0.0725. The van der Waals surface area contributed by atoms with Gasteiger partial charge in [-0.1, -0.05) is 11.6 Å². The molecule has 1 amide bonds. The number of halogens is 1. The van der Waals surface area contributed by atoms with Crippen molar-refractivity contribution < 1.29 is 15.1 Å². The van der Waals surface area contributed by atoms with Crippen LogP contribution in [0.15, 0.2) is 18.2 Å². The zero-order valence-electron chi connectivity index (χ0n) is 8.73. The Morgan fingerprint density at radius 1 is 1.56 bits per heavy atom. The first-order valence-corrected chi connectivity index (χ1v) is 4.57. The predicted octanol–water partition coefficient (Wildman–Crippen LogP) is 2.26. The molecule has 0 aliphatic heterocycles. The van der Waals surface area contributed by atoms with Gasteiger partial charge >= 0.3 is 0 Å². The molecule has 0 aliphatic carbocycles. The van der Waals surface area contributed by atoms with Crippen molar-refractivity contribution in [3.8, 4) is 0 Å². The van der Waals surface area contributed by atoms with Crippen LogP contribution >= 0.6 is 11.6 Å². The maximum atomic E-state index is 10.7. The minimum atomic E-state index is -1.50. The number of hydrogen-bond donors (Lipinski definition) is 2. The summed E-state index contributed by atoms with van der Waals surface area (Å²) in [7, 11) is 0. The van der Waals surface area contributed by atoms with Gasteiger partial charge in [-0.25, -0.2) is 0 Å². The van der Waals surface area contributed by atoms with Crippen molar-refractivity contribution in [2.45, 2.75) is 13.8 Å². The summed E-state index contributed by atoms with van der Waals surface area (Å²) < 4.78 is 0. The number of benzene rings is 1. The molecule has 16 heavy (non-hydrogen) atoms. The Kier molecular flexibility index (Phi) is 5.87. The molecule has 0 aliphatic rings. The molecule has 0 saturated heterocycles. The van der Waals surface area contributed by atoms with Crippen molar-refractivity contribution in [2.75, 3.05) is 5.32 Å². The highest BCUT2D eigenvalue weighted by Crippen LogP contribution is 2.18. The van der Waals surface area contributed by atoms with Gasteiger partial charge in [-0.15, -0.1) is 10.1 Å². The van der Waals surface area contributed by atoms with E-state index in [1.165, 1.54) is 6.92 Å². The number of hydrogen-bond acceptors (Lipinski definition) is 3. The summed E-state index contributed by atoms with van der Waals surface area (Å²) >= 11 is 5.80. The Labute approximate surface area is 96.9 Å². The largest absolute Gasteiger partial charge is 0.328 e. The van der Waals surface area contributed by atoms with Gasteiger partial charge in [0.15, 0.2) is 0 Å². The molecule has 2 N–H and O–H groups in total. The second-order valence-corrected chi connectivity index (χ2v) is 3.29. The fraction of sp³-hybridized carbons (Fsp3) is 0.222. The van der Waals surface area contributed by atoms with Crippen LogP contribution in [0.1, 0.15) is 12.5 Å². The standard InChI is InChI=1S/C9H10ClNO.HNO3/c1-6-5-8(11-7(2)12)3-4-9(6)10;2-1(3)4/h3-5H,1-2H3,(H,11,12);(H,2,3,4). The van der Waals surface area contributed by atoms with E-state index in [-0.39, 0.29) is 5.91 Å². The van der Waals surface area contributed by atoms with Crippen LogP contribution in [-0.4, -0.2) is 16.2 Å². The molecule has 0 radical (unpaired) electrons. The van der Waals surface area contributed by atoms with Crippen molar-refractivity contribution in [2.24, 2.45) is 0 Å². The maximum absolute atomic E-state index is 10.7. The van der Waals surface area contributed by atoms with Gasteiger partial charge in [-0.3, -0.25) is 4.79 Å². The van der Waals surface area contributed by atoms with Gasteiger partial charge in [0.1, 0.15) is 0 Å². The Morgan fingerprint density at radius 2 is 2.06 bits per heavy atom. The van der Waals surface area contributed by atoms with E-state index in [1.807, 2.05) is 13.0 Å². The molecule has 1 aromatic carbocycles. The topological polar surface area (TPSA) is 92.5 Å². The highest BCUT2D eigenvalue weighted by atomic mass is 35.5. The van der Waals surface area contributed by atoms with Crippen LogP contribution < -0.4 is 5.32 Å². The molecular weight excluding hydrogens is 236 g/mol. The van der Waals surface area contributed by atoms with Crippen molar-refractivity contribution in [1.82, 2.24) is 0 Å². The van der Waals surface area contributed by atoms with Crippen molar-refractivity contribution >= 4 is 23.2 Å². The van der Waals surface area contributed by atoms with Crippen LogP contribution in [-0.2, 0) is 4.79 Å². The summed E-state index contributed by atoms with van der Waals surface area (Å²) in [6.07, 6.45) is 0. The first-order chi connectivity index (χ1) is 7.32. The first kappa shape index (κ1) is 14.2. The van der Waals surface area contributed by atoms with Gasteiger partial charge in [0, 0.05) is 17.6 Å². The fourth-order valence-corrected chi connectivity index (χ4v) is 1.04. The third kappa shape index (κ3) is 6.61. The van der Waals surface area contributed by atoms with Gasteiger partial charge in [0.05, 0.1) is 0 Å². The highest BCUT2D eigenvalue weighted by molar-refractivity contribution is 6.31. The van der Waals surface area contributed by atoms with Gasteiger partial charge in [0.25, 0.3) is 5.09 Å². The molecule has 0 atom stereocenters. The lowest BCUT2D eigenvalue weighted by molar-refractivity contribution is -0.742. The van der Waals surface area contributed by atoms with Crippen LogP contribution in [0.5, 0.6) is 0 Å². The number of rotatable bonds is 1. The molecule has 1 aromatic rings. The summed E-state index contributed by atoms with van der Waals surface area (Å²) in [5.74, 6) is -0.0725. The van der Waals surface area contributed by atoms with Gasteiger partial charge in [0.2, 0.25) is 5.91 Å². The summed E-state index contributed by atoms with van der Waals surface area (Å²) in [5.41, 5.74) is 1.74. The number of carbonyl (C=O) groups excluding carboxylic acids is 1. The molecule has 0 fully saturated rings. The molecule has 1 rings (SSSR count). The smallest absolute Gasteiger partial charge is 0.291 e. The molecule has 0 saturated carbocycles. The molecule has 0 bridgehead atoms. The van der Waals surface area contributed by atoms with Crippen LogP contribution in [0.4, 0.5) is 5.69 Å². The molecule has 88 valence electrons. The Balaban J connectivity index is 0.000000487. The van der Waals surface area contributed by atoms with E-state index in [0.29, 0.717) is 5.02 Å². The molecule has 0 unspecified atom stereocenters. The predicted molar refractivity (Wildman–Crippen MR) is 59.3 cm³/mol. The normalized spacial score (nSPS) is 8.69. The van der Waals surface area contributed by atoms with Crippen LogP contribution in [0.2, 0.25) is 5.02 Å². The zero-order chi connectivity index (χ0) is 12.7. The summed E-state index contributed by atoms with van der Waals surface area (Å²) in [6, 6.07) is 5.38. The Bertz CT molecular complexity index is 391. The van der Waals surface area contributed by atoms with E-state index in [0.717, 1.165) is 11.3 Å². The maximum Gasteiger partial charge on any atom is 0.291 e. The summed E-state index contributed by atoms with van der Waals surface area (Å²) in [4.78, 5) is 19.0. The van der Waals surface area contributed by atoms with Crippen molar-refractivity contribution in [3.05, 3.63) is 38.9 Å². The third-order valence-corrected chi connectivity index (χ3v) is 1.90. The number of carbonyl (C=O) groups is 1. The lowest BCUT2D eigenvalue weighted by Gasteiger charge is -2.03. The van der Waals surface area contributed by atoms with Gasteiger partial charge < -0.3 is 10.5 Å². The Hall–Kier alpha value is -1.82. The van der Waals surface area contributed by atoms with E-state index in [9.17, 15) is 4.79 Å².